The van der Waals surface area contributed by atoms with Crippen LogP contribution in [0.3, 0.4) is 0 Å². The average Bonchev–Trinajstić information content (AvgIpc) is 2.07. The van der Waals surface area contributed by atoms with Crippen molar-refractivity contribution in [3.8, 4) is 0 Å². The van der Waals surface area contributed by atoms with Crippen molar-refractivity contribution in [2.24, 2.45) is 0 Å². The Morgan fingerprint density at radius 3 is 1.83 bits per heavy atom. The van der Waals surface area contributed by atoms with Crippen LogP contribution in [0.2, 0.25) is 0 Å². The standard InChI is InChI=1S/C7H8.C2H5BO2/c1-7-5-3-2-4-6-7;1-2-3(4)5/h2-6H,1H3;2,4-5H,1H2. The molecule has 0 radical (unpaired) electrons. The van der Waals surface area contributed by atoms with Crippen molar-refractivity contribution in [1.82, 2.24) is 0 Å². The van der Waals surface area contributed by atoms with Gasteiger partial charge in [-0.1, -0.05) is 41.9 Å². The minimum atomic E-state index is -1.35. The maximum absolute atomic E-state index is 7.80. The fourth-order valence-electron chi connectivity index (χ4n) is 0.534. The van der Waals surface area contributed by atoms with Crippen LogP contribution in [0.1, 0.15) is 5.56 Å². The summed E-state index contributed by atoms with van der Waals surface area (Å²) in [7, 11) is -1.35. The van der Waals surface area contributed by atoms with E-state index >= 15 is 0 Å². The second kappa shape index (κ2) is 6.64. The van der Waals surface area contributed by atoms with Crippen LogP contribution in [0.4, 0.5) is 0 Å². The van der Waals surface area contributed by atoms with Crippen LogP contribution < -0.4 is 0 Å². The fraction of sp³-hybridized carbons (Fsp3) is 0.111. The maximum Gasteiger partial charge on any atom is 0.480 e. The van der Waals surface area contributed by atoms with Crippen LogP contribution >= 0.6 is 0 Å². The molecule has 1 aromatic rings. The zero-order valence-electron chi connectivity index (χ0n) is 7.14. The van der Waals surface area contributed by atoms with E-state index in [2.05, 4.69) is 25.6 Å². The van der Waals surface area contributed by atoms with Gasteiger partial charge < -0.3 is 10.0 Å². The van der Waals surface area contributed by atoms with Gasteiger partial charge in [0.25, 0.3) is 0 Å². The molecule has 0 unspecified atom stereocenters. The van der Waals surface area contributed by atoms with Crippen LogP contribution in [0.25, 0.3) is 0 Å². The molecule has 0 heterocycles. The second-order valence-electron chi connectivity index (χ2n) is 2.30. The van der Waals surface area contributed by atoms with Gasteiger partial charge >= 0.3 is 7.12 Å². The Bertz CT molecular complexity index is 209. The Hall–Kier alpha value is -1.06. The van der Waals surface area contributed by atoms with E-state index in [-0.39, 0.29) is 0 Å². The molecule has 0 fully saturated rings. The van der Waals surface area contributed by atoms with Gasteiger partial charge in [-0.05, 0) is 6.92 Å². The minimum Gasteiger partial charge on any atom is -0.424 e. The fourth-order valence-corrected chi connectivity index (χ4v) is 0.534. The highest BCUT2D eigenvalue weighted by molar-refractivity contribution is 6.47. The van der Waals surface area contributed by atoms with Crippen molar-refractivity contribution < 1.29 is 10.0 Å². The Morgan fingerprint density at radius 1 is 1.25 bits per heavy atom. The molecule has 0 amide bonds. The molecule has 0 saturated heterocycles. The Kier molecular flexibility index (Phi) is 6.06. The van der Waals surface area contributed by atoms with Crippen LogP contribution in [0.15, 0.2) is 42.9 Å². The molecule has 64 valence electrons. The first-order chi connectivity index (χ1) is 5.66. The molecule has 0 atom stereocenters. The van der Waals surface area contributed by atoms with Crippen molar-refractivity contribution in [2.75, 3.05) is 0 Å². The van der Waals surface area contributed by atoms with Crippen LogP contribution in [-0.2, 0) is 0 Å². The summed E-state index contributed by atoms with van der Waals surface area (Å²) >= 11 is 0. The van der Waals surface area contributed by atoms with Gasteiger partial charge in [-0.25, -0.2) is 0 Å². The first kappa shape index (κ1) is 10.9. The summed E-state index contributed by atoms with van der Waals surface area (Å²) in [4.78, 5) is 0. The van der Waals surface area contributed by atoms with Gasteiger partial charge in [-0.15, -0.1) is 6.58 Å². The van der Waals surface area contributed by atoms with E-state index in [1.54, 1.807) is 0 Å². The normalized spacial score (nSPS) is 7.92. The van der Waals surface area contributed by atoms with Crippen molar-refractivity contribution in [2.45, 2.75) is 6.92 Å². The highest BCUT2D eigenvalue weighted by Gasteiger charge is 1.92. The van der Waals surface area contributed by atoms with Crippen molar-refractivity contribution in [3.05, 3.63) is 48.4 Å². The molecular formula is C9H13BO2. The van der Waals surface area contributed by atoms with Gasteiger partial charge in [0.15, 0.2) is 0 Å². The van der Waals surface area contributed by atoms with Gasteiger partial charge in [-0.3, -0.25) is 0 Å². The lowest BCUT2D eigenvalue weighted by Crippen LogP contribution is -2.03. The van der Waals surface area contributed by atoms with Gasteiger partial charge in [0.05, 0.1) is 0 Å². The summed E-state index contributed by atoms with van der Waals surface area (Å²) < 4.78 is 0. The summed E-state index contributed by atoms with van der Waals surface area (Å²) in [5, 5.41) is 15.6. The third-order valence-corrected chi connectivity index (χ3v) is 1.15. The largest absolute Gasteiger partial charge is 0.480 e. The molecule has 2 nitrogen and oxygen atoms in total. The number of benzene rings is 1. The van der Waals surface area contributed by atoms with Crippen molar-refractivity contribution in [1.29, 1.82) is 0 Å². The molecule has 0 aliphatic carbocycles. The molecule has 0 bridgehead atoms. The summed E-state index contributed by atoms with van der Waals surface area (Å²) in [6, 6.07) is 10.3. The van der Waals surface area contributed by atoms with Crippen LogP contribution in [0, 0.1) is 6.92 Å². The maximum atomic E-state index is 7.80. The molecule has 1 aromatic carbocycles. The molecule has 1 rings (SSSR count). The lowest BCUT2D eigenvalue weighted by Gasteiger charge is -1.82. The Balaban J connectivity index is 0.000000217. The number of aryl methyl sites for hydroxylation is 1. The lowest BCUT2D eigenvalue weighted by atomic mass is 9.94. The summed E-state index contributed by atoms with van der Waals surface area (Å²) in [6.07, 6.45) is 0. The summed E-state index contributed by atoms with van der Waals surface area (Å²) in [5.74, 6) is 1.03. The molecule has 0 aromatic heterocycles. The van der Waals surface area contributed by atoms with Crippen molar-refractivity contribution in [3.63, 3.8) is 0 Å². The number of rotatable bonds is 1. The van der Waals surface area contributed by atoms with Gasteiger partial charge in [0, 0.05) is 0 Å². The highest BCUT2D eigenvalue weighted by atomic mass is 16.4. The number of hydrogen-bond donors (Lipinski definition) is 2. The first-order valence-electron chi connectivity index (χ1n) is 3.67. The van der Waals surface area contributed by atoms with E-state index in [0.29, 0.717) is 0 Å². The van der Waals surface area contributed by atoms with E-state index in [4.69, 9.17) is 10.0 Å². The van der Waals surface area contributed by atoms with Crippen LogP contribution in [0.5, 0.6) is 0 Å². The second-order valence-corrected chi connectivity index (χ2v) is 2.30. The summed E-state index contributed by atoms with van der Waals surface area (Å²) in [5.41, 5.74) is 1.32. The summed E-state index contributed by atoms with van der Waals surface area (Å²) in [6.45, 7) is 5.14. The van der Waals surface area contributed by atoms with Gasteiger partial charge in [-0.2, -0.15) is 0 Å². The van der Waals surface area contributed by atoms with E-state index in [9.17, 15) is 0 Å². The highest BCUT2D eigenvalue weighted by Crippen LogP contribution is 1.92. The predicted molar refractivity (Wildman–Crippen MR) is 51.6 cm³/mol. The molecule has 0 spiro atoms. The molecule has 0 aliphatic rings. The van der Waals surface area contributed by atoms with E-state index < -0.39 is 7.12 Å². The Labute approximate surface area is 73.3 Å². The average molecular weight is 164 g/mol. The monoisotopic (exact) mass is 164 g/mol. The zero-order chi connectivity index (χ0) is 9.40. The molecular weight excluding hydrogens is 151 g/mol. The third kappa shape index (κ3) is 7.06. The molecule has 12 heavy (non-hydrogen) atoms. The lowest BCUT2D eigenvalue weighted by molar-refractivity contribution is 0.424. The van der Waals surface area contributed by atoms with E-state index in [0.717, 1.165) is 5.98 Å². The predicted octanol–water partition coefficient (Wildman–Crippen LogP) is 1.18. The molecule has 0 aliphatic heterocycles. The Morgan fingerprint density at radius 2 is 1.67 bits per heavy atom. The zero-order valence-corrected chi connectivity index (χ0v) is 7.14. The minimum absolute atomic E-state index is 1.03. The smallest absolute Gasteiger partial charge is 0.424 e. The van der Waals surface area contributed by atoms with Crippen LogP contribution in [-0.4, -0.2) is 17.2 Å². The topological polar surface area (TPSA) is 40.5 Å². The van der Waals surface area contributed by atoms with Gasteiger partial charge in [0.1, 0.15) is 0 Å². The van der Waals surface area contributed by atoms with E-state index in [1.807, 2.05) is 18.2 Å². The molecule has 0 saturated carbocycles. The molecule has 3 heteroatoms. The van der Waals surface area contributed by atoms with Crippen molar-refractivity contribution >= 4 is 7.12 Å². The third-order valence-electron chi connectivity index (χ3n) is 1.15. The quantitative estimate of drug-likeness (QED) is 0.611. The molecule has 2 N–H and O–H groups in total. The van der Waals surface area contributed by atoms with E-state index in [1.165, 1.54) is 5.56 Å². The first-order valence-corrected chi connectivity index (χ1v) is 3.67. The van der Waals surface area contributed by atoms with Gasteiger partial charge in [0.2, 0.25) is 0 Å². The SMILES string of the molecule is C=CB(O)O.Cc1ccccc1. The number of hydrogen-bond acceptors (Lipinski definition) is 2.